The van der Waals surface area contributed by atoms with Gasteiger partial charge in [-0.05, 0) is 54.8 Å². The molecular formula is C23H22N4. The number of aromatic nitrogens is 2. The molecule has 4 nitrogen and oxygen atoms in total. The first-order valence-electron chi connectivity index (χ1n) is 9.38. The summed E-state index contributed by atoms with van der Waals surface area (Å²) in [6, 6.07) is 20.9. The number of rotatable bonds is 5. The maximum absolute atomic E-state index is 9.63. The molecule has 0 amide bonds. The topological polar surface area (TPSA) is 53.1 Å². The number of nitriles is 1. The highest BCUT2D eigenvalue weighted by atomic mass is 15.0. The molecule has 0 saturated heterocycles. The Morgan fingerprint density at radius 2 is 1.89 bits per heavy atom. The predicted molar refractivity (Wildman–Crippen MR) is 111 cm³/mol. The van der Waals surface area contributed by atoms with E-state index in [1.54, 1.807) is 0 Å². The fourth-order valence-electron chi connectivity index (χ4n) is 3.47. The van der Waals surface area contributed by atoms with Crippen LogP contribution in [-0.2, 0) is 0 Å². The number of para-hydroxylation sites is 2. The van der Waals surface area contributed by atoms with Gasteiger partial charge in [-0.2, -0.15) is 5.26 Å². The van der Waals surface area contributed by atoms with Crippen molar-refractivity contribution < 1.29 is 0 Å². The lowest BCUT2D eigenvalue weighted by atomic mass is 10.1. The number of imidazole rings is 1. The minimum atomic E-state index is 0.632. The summed E-state index contributed by atoms with van der Waals surface area (Å²) in [7, 11) is 0. The molecule has 0 spiro atoms. The smallest absolute Gasteiger partial charge is 0.156 e. The van der Waals surface area contributed by atoms with Gasteiger partial charge in [0.15, 0.2) is 5.65 Å². The first kappa shape index (κ1) is 17.1. The maximum Gasteiger partial charge on any atom is 0.156 e. The molecule has 0 saturated carbocycles. The van der Waals surface area contributed by atoms with Gasteiger partial charge in [0.2, 0.25) is 0 Å². The van der Waals surface area contributed by atoms with E-state index in [9.17, 15) is 5.26 Å². The van der Waals surface area contributed by atoms with Gasteiger partial charge >= 0.3 is 0 Å². The van der Waals surface area contributed by atoms with Gasteiger partial charge < -0.3 is 5.32 Å². The summed E-state index contributed by atoms with van der Waals surface area (Å²) in [6.45, 7) is 5.16. The van der Waals surface area contributed by atoms with E-state index >= 15 is 0 Å². The summed E-state index contributed by atoms with van der Waals surface area (Å²) in [6.07, 6.45) is 2.35. The molecule has 2 aromatic carbocycles. The Morgan fingerprint density at radius 3 is 2.63 bits per heavy atom. The van der Waals surface area contributed by atoms with Crippen LogP contribution in [-0.4, -0.2) is 15.9 Å². The lowest BCUT2D eigenvalue weighted by Crippen LogP contribution is -2.01. The summed E-state index contributed by atoms with van der Waals surface area (Å²) in [5.74, 6) is 0. The number of benzene rings is 2. The van der Waals surface area contributed by atoms with Crippen LogP contribution in [0.5, 0.6) is 0 Å². The number of pyridine rings is 1. The molecule has 27 heavy (non-hydrogen) atoms. The molecule has 0 aliphatic rings. The van der Waals surface area contributed by atoms with Gasteiger partial charge in [0.25, 0.3) is 0 Å². The molecule has 0 aliphatic heterocycles. The van der Waals surface area contributed by atoms with Gasteiger partial charge in [-0.25, -0.2) is 4.98 Å². The van der Waals surface area contributed by atoms with E-state index in [1.807, 2.05) is 25.1 Å². The van der Waals surface area contributed by atoms with Gasteiger partial charge in [0, 0.05) is 12.2 Å². The number of hydrogen-bond donors (Lipinski definition) is 1. The molecule has 2 aromatic heterocycles. The van der Waals surface area contributed by atoms with Crippen molar-refractivity contribution in [2.75, 3.05) is 11.9 Å². The largest absolute Gasteiger partial charge is 0.385 e. The zero-order chi connectivity index (χ0) is 18.8. The normalized spacial score (nSPS) is 11.0. The average molecular weight is 354 g/mol. The lowest BCUT2D eigenvalue weighted by Gasteiger charge is -2.12. The monoisotopic (exact) mass is 354 g/mol. The fraction of sp³-hybridized carbons (Fsp3) is 0.217. The first-order chi connectivity index (χ1) is 13.2. The van der Waals surface area contributed by atoms with E-state index in [2.05, 4.69) is 59.1 Å². The van der Waals surface area contributed by atoms with Crippen LogP contribution in [0.3, 0.4) is 0 Å². The molecule has 0 unspecified atom stereocenters. The van der Waals surface area contributed by atoms with Crippen molar-refractivity contribution >= 4 is 22.4 Å². The van der Waals surface area contributed by atoms with Crippen LogP contribution in [0.1, 0.15) is 30.9 Å². The van der Waals surface area contributed by atoms with Gasteiger partial charge in [-0.15, -0.1) is 0 Å². The zero-order valence-electron chi connectivity index (χ0n) is 15.7. The molecule has 0 bridgehead atoms. The molecule has 0 atom stereocenters. The molecule has 4 heteroatoms. The van der Waals surface area contributed by atoms with Crippen LogP contribution < -0.4 is 5.32 Å². The van der Waals surface area contributed by atoms with E-state index in [-0.39, 0.29) is 0 Å². The standard InChI is InChI=1S/C23H22N4/c1-3-4-13-25-18-11-9-17(10-12-18)22-14-16(2)19(15-24)23-26-20-7-5-6-8-21(20)27(22)23/h5-12,14,25H,3-4,13H2,1-2H3. The second-order valence-corrected chi connectivity index (χ2v) is 6.82. The second-order valence-electron chi connectivity index (χ2n) is 6.82. The number of fused-ring (bicyclic) bond motifs is 3. The molecule has 2 heterocycles. The molecule has 1 N–H and O–H groups in total. The fourth-order valence-corrected chi connectivity index (χ4v) is 3.47. The van der Waals surface area contributed by atoms with Gasteiger partial charge in [-0.1, -0.05) is 37.6 Å². The SMILES string of the molecule is CCCCNc1ccc(-c2cc(C)c(C#N)c3nc4ccccc4n23)cc1. The predicted octanol–water partition coefficient (Wildman–Crippen LogP) is 5.55. The molecule has 4 rings (SSSR count). The third kappa shape index (κ3) is 3.02. The van der Waals surface area contributed by atoms with Crippen molar-refractivity contribution in [3.8, 4) is 17.3 Å². The highest BCUT2D eigenvalue weighted by Crippen LogP contribution is 2.30. The van der Waals surface area contributed by atoms with Crippen molar-refractivity contribution in [2.24, 2.45) is 0 Å². The Hall–Kier alpha value is -3.32. The van der Waals surface area contributed by atoms with Crippen LogP contribution in [0.2, 0.25) is 0 Å². The quantitative estimate of drug-likeness (QED) is 0.478. The number of anilines is 1. The first-order valence-corrected chi connectivity index (χ1v) is 9.38. The highest BCUT2D eigenvalue weighted by Gasteiger charge is 2.15. The number of unbranched alkanes of at least 4 members (excludes halogenated alkanes) is 1. The van der Waals surface area contributed by atoms with E-state index in [4.69, 9.17) is 4.98 Å². The number of hydrogen-bond acceptors (Lipinski definition) is 3. The third-order valence-corrected chi connectivity index (χ3v) is 4.92. The van der Waals surface area contributed by atoms with Crippen molar-refractivity contribution in [3.63, 3.8) is 0 Å². The van der Waals surface area contributed by atoms with Crippen molar-refractivity contribution in [1.82, 2.24) is 9.38 Å². The molecule has 0 fully saturated rings. The molecule has 0 radical (unpaired) electrons. The van der Waals surface area contributed by atoms with E-state index in [0.29, 0.717) is 5.56 Å². The number of nitrogens with one attached hydrogen (secondary N) is 1. The lowest BCUT2D eigenvalue weighted by molar-refractivity contribution is 0.834. The maximum atomic E-state index is 9.63. The Labute approximate surface area is 159 Å². The average Bonchev–Trinajstić information content (AvgIpc) is 3.07. The van der Waals surface area contributed by atoms with Crippen molar-refractivity contribution in [2.45, 2.75) is 26.7 Å². The van der Waals surface area contributed by atoms with Crippen LogP contribution in [0.15, 0.2) is 54.6 Å². The zero-order valence-corrected chi connectivity index (χ0v) is 15.7. The molecule has 4 aromatic rings. The number of nitrogens with zero attached hydrogens (tertiary/aromatic N) is 3. The van der Waals surface area contributed by atoms with E-state index in [0.717, 1.165) is 52.2 Å². The summed E-state index contributed by atoms with van der Waals surface area (Å²) >= 11 is 0. The van der Waals surface area contributed by atoms with Crippen molar-refractivity contribution in [3.05, 3.63) is 65.7 Å². The van der Waals surface area contributed by atoms with Gasteiger partial charge in [-0.3, -0.25) is 4.40 Å². The highest BCUT2D eigenvalue weighted by molar-refractivity contribution is 5.86. The summed E-state index contributed by atoms with van der Waals surface area (Å²) in [5.41, 5.74) is 7.51. The Morgan fingerprint density at radius 1 is 1.11 bits per heavy atom. The summed E-state index contributed by atoms with van der Waals surface area (Å²) < 4.78 is 2.10. The second kappa shape index (κ2) is 7.13. The van der Waals surface area contributed by atoms with Gasteiger partial charge in [0.1, 0.15) is 6.07 Å². The minimum absolute atomic E-state index is 0.632. The van der Waals surface area contributed by atoms with E-state index in [1.165, 1.54) is 6.42 Å². The summed E-state index contributed by atoms with van der Waals surface area (Å²) in [4.78, 5) is 4.73. The minimum Gasteiger partial charge on any atom is -0.385 e. The van der Waals surface area contributed by atoms with Gasteiger partial charge in [0.05, 0.1) is 22.3 Å². The Bertz CT molecular complexity index is 1150. The third-order valence-electron chi connectivity index (χ3n) is 4.92. The van der Waals surface area contributed by atoms with Crippen LogP contribution in [0.4, 0.5) is 5.69 Å². The molecule has 134 valence electrons. The van der Waals surface area contributed by atoms with Crippen molar-refractivity contribution in [1.29, 1.82) is 5.26 Å². The van der Waals surface area contributed by atoms with Crippen LogP contribution in [0, 0.1) is 18.3 Å². The van der Waals surface area contributed by atoms with Crippen LogP contribution >= 0.6 is 0 Å². The summed E-state index contributed by atoms with van der Waals surface area (Å²) in [5, 5.41) is 13.1. The number of aryl methyl sites for hydroxylation is 1. The van der Waals surface area contributed by atoms with Crippen LogP contribution in [0.25, 0.3) is 27.9 Å². The molecule has 0 aliphatic carbocycles. The van der Waals surface area contributed by atoms with E-state index < -0.39 is 0 Å². The Balaban J connectivity index is 1.88. The Kier molecular flexibility index (Phi) is 4.52. The molecular weight excluding hydrogens is 332 g/mol.